The Bertz CT molecular complexity index is 1340. The van der Waals surface area contributed by atoms with Crippen molar-refractivity contribution in [2.75, 3.05) is 0 Å². The zero-order valence-corrected chi connectivity index (χ0v) is 18.8. The Labute approximate surface area is 194 Å². The van der Waals surface area contributed by atoms with Crippen LogP contribution in [0, 0.1) is 0 Å². The van der Waals surface area contributed by atoms with E-state index in [0.717, 1.165) is 39.0 Å². The van der Waals surface area contributed by atoms with E-state index in [4.69, 9.17) is 21.4 Å². The molecule has 0 N–H and O–H groups in total. The van der Waals surface area contributed by atoms with Crippen LogP contribution in [0.4, 0.5) is 0 Å². The first-order valence-electron chi connectivity index (χ1n) is 10.2. The fourth-order valence-electron chi connectivity index (χ4n) is 4.45. The normalized spacial score (nSPS) is 19.5. The molecule has 6 rings (SSSR count). The highest BCUT2D eigenvalue weighted by molar-refractivity contribution is 9.10. The van der Waals surface area contributed by atoms with Gasteiger partial charge in [-0.25, -0.2) is 5.01 Å². The van der Waals surface area contributed by atoms with E-state index in [0.29, 0.717) is 5.02 Å². The van der Waals surface area contributed by atoms with Gasteiger partial charge in [-0.05, 0) is 52.7 Å². The van der Waals surface area contributed by atoms with Gasteiger partial charge in [-0.15, -0.1) is 0 Å². The summed E-state index contributed by atoms with van der Waals surface area (Å²) in [5, 5.41) is 10.3. The van der Waals surface area contributed by atoms with E-state index in [9.17, 15) is 0 Å². The van der Waals surface area contributed by atoms with Crippen LogP contribution in [-0.4, -0.2) is 10.7 Å². The van der Waals surface area contributed by atoms with Gasteiger partial charge >= 0.3 is 0 Å². The van der Waals surface area contributed by atoms with Crippen LogP contribution in [0.15, 0.2) is 94.5 Å². The Balaban J connectivity index is 1.45. The first-order valence-corrected chi connectivity index (χ1v) is 11.4. The van der Waals surface area contributed by atoms with Crippen LogP contribution in [0.25, 0.3) is 10.8 Å². The van der Waals surface area contributed by atoms with Crippen LogP contribution < -0.4 is 4.74 Å². The SMILES string of the molecule is Clc1ccc2c(c1)[C@H]1CC(c3ccc4ccccc4c3)=NN1[C@H](c1ccc(Br)cc1)O2. The van der Waals surface area contributed by atoms with Gasteiger partial charge in [-0.1, -0.05) is 76.1 Å². The van der Waals surface area contributed by atoms with Gasteiger partial charge in [0.15, 0.2) is 0 Å². The fraction of sp³-hybridized carbons (Fsp3) is 0.115. The predicted octanol–water partition coefficient (Wildman–Crippen LogP) is 7.50. The summed E-state index contributed by atoms with van der Waals surface area (Å²) >= 11 is 9.86. The fourth-order valence-corrected chi connectivity index (χ4v) is 4.89. The monoisotopic (exact) mass is 488 g/mol. The number of ether oxygens (including phenoxy) is 1. The van der Waals surface area contributed by atoms with Crippen molar-refractivity contribution in [3.8, 4) is 5.75 Å². The third kappa shape index (κ3) is 3.31. The lowest BCUT2D eigenvalue weighted by atomic mass is 9.95. The van der Waals surface area contributed by atoms with Crippen LogP contribution in [0.5, 0.6) is 5.75 Å². The van der Waals surface area contributed by atoms with Gasteiger partial charge in [-0.2, -0.15) is 5.10 Å². The standard InChI is InChI=1S/C26H18BrClN2O/c27-20-9-7-17(8-10-20)26-30-24(22-14-21(28)11-12-25(22)31-26)15-23(29-30)19-6-5-16-3-1-2-4-18(16)13-19/h1-14,24,26H,15H2/t24-,26+/m1/s1. The first kappa shape index (κ1) is 18.9. The number of hydrogen-bond donors (Lipinski definition) is 0. The van der Waals surface area contributed by atoms with E-state index in [1.807, 2.05) is 30.3 Å². The van der Waals surface area contributed by atoms with Crippen molar-refractivity contribution in [2.45, 2.75) is 18.7 Å². The molecule has 0 fully saturated rings. The molecule has 0 aliphatic carbocycles. The number of benzene rings is 4. The molecule has 4 aromatic carbocycles. The second kappa shape index (κ2) is 7.40. The molecule has 0 unspecified atom stereocenters. The Morgan fingerprint density at radius 3 is 2.55 bits per heavy atom. The number of nitrogens with zero attached hydrogens (tertiary/aromatic N) is 2. The zero-order chi connectivity index (χ0) is 20.9. The highest BCUT2D eigenvalue weighted by atomic mass is 79.9. The molecule has 5 heteroatoms. The van der Waals surface area contributed by atoms with E-state index in [-0.39, 0.29) is 12.3 Å². The summed E-state index contributed by atoms with van der Waals surface area (Å²) in [6, 6.07) is 29.1. The molecule has 2 aliphatic heterocycles. The average molecular weight is 490 g/mol. The molecule has 2 atom stereocenters. The number of hydrazone groups is 1. The molecule has 0 amide bonds. The van der Waals surface area contributed by atoms with Crippen LogP contribution in [-0.2, 0) is 0 Å². The van der Waals surface area contributed by atoms with E-state index in [1.165, 1.54) is 10.8 Å². The second-order valence-electron chi connectivity index (χ2n) is 7.91. The molecule has 0 radical (unpaired) electrons. The minimum Gasteiger partial charge on any atom is -0.464 e. The summed E-state index contributed by atoms with van der Waals surface area (Å²) in [6.45, 7) is 0. The lowest BCUT2D eigenvalue weighted by Gasteiger charge is -2.38. The molecule has 0 saturated heterocycles. The molecule has 0 bridgehead atoms. The molecule has 0 saturated carbocycles. The maximum atomic E-state index is 6.43. The topological polar surface area (TPSA) is 24.8 Å². The molecular weight excluding hydrogens is 472 g/mol. The Kier molecular flexibility index (Phi) is 4.51. The minimum atomic E-state index is -0.287. The van der Waals surface area contributed by atoms with Crippen molar-refractivity contribution in [3.05, 3.63) is 111 Å². The van der Waals surface area contributed by atoms with Crippen molar-refractivity contribution in [3.63, 3.8) is 0 Å². The van der Waals surface area contributed by atoms with Crippen molar-refractivity contribution < 1.29 is 4.74 Å². The smallest absolute Gasteiger partial charge is 0.213 e. The summed E-state index contributed by atoms with van der Waals surface area (Å²) < 4.78 is 7.47. The maximum Gasteiger partial charge on any atom is 0.213 e. The number of halogens is 2. The molecule has 3 nitrogen and oxygen atoms in total. The van der Waals surface area contributed by atoms with Crippen LogP contribution in [0.1, 0.15) is 35.4 Å². The molecule has 152 valence electrons. The Morgan fingerprint density at radius 1 is 0.903 bits per heavy atom. The largest absolute Gasteiger partial charge is 0.464 e. The van der Waals surface area contributed by atoms with Crippen molar-refractivity contribution in [2.24, 2.45) is 5.10 Å². The zero-order valence-electron chi connectivity index (χ0n) is 16.5. The van der Waals surface area contributed by atoms with Gasteiger partial charge in [0.1, 0.15) is 5.75 Å². The number of fused-ring (bicyclic) bond motifs is 4. The van der Waals surface area contributed by atoms with Crippen LogP contribution in [0.3, 0.4) is 0 Å². The van der Waals surface area contributed by atoms with Gasteiger partial charge in [-0.3, -0.25) is 0 Å². The van der Waals surface area contributed by atoms with Gasteiger partial charge in [0.05, 0.1) is 11.8 Å². The summed E-state index contributed by atoms with van der Waals surface area (Å²) in [4.78, 5) is 0. The third-order valence-corrected chi connectivity index (χ3v) is 6.75. The highest BCUT2D eigenvalue weighted by Crippen LogP contribution is 2.48. The number of hydrogen-bond acceptors (Lipinski definition) is 3. The quantitative estimate of drug-likeness (QED) is 0.291. The molecule has 0 spiro atoms. The van der Waals surface area contributed by atoms with Crippen molar-refractivity contribution in [1.29, 1.82) is 0 Å². The van der Waals surface area contributed by atoms with Gasteiger partial charge in [0.2, 0.25) is 6.23 Å². The lowest BCUT2D eigenvalue weighted by molar-refractivity contribution is -0.0190. The lowest BCUT2D eigenvalue weighted by Crippen LogP contribution is -2.33. The molecule has 4 aromatic rings. The molecule has 0 aromatic heterocycles. The molecule has 31 heavy (non-hydrogen) atoms. The molecule has 2 heterocycles. The second-order valence-corrected chi connectivity index (χ2v) is 9.26. The summed E-state index contributed by atoms with van der Waals surface area (Å²) in [7, 11) is 0. The van der Waals surface area contributed by atoms with Crippen molar-refractivity contribution in [1.82, 2.24) is 5.01 Å². The Hall–Kier alpha value is -2.82. The van der Waals surface area contributed by atoms with E-state index in [2.05, 4.69) is 75.5 Å². The maximum absolute atomic E-state index is 6.43. The highest BCUT2D eigenvalue weighted by Gasteiger charge is 2.41. The molecular formula is C26H18BrClN2O. The minimum absolute atomic E-state index is 0.0811. The summed E-state index contributed by atoms with van der Waals surface area (Å²) in [5.41, 5.74) is 4.36. The van der Waals surface area contributed by atoms with Gasteiger partial charge in [0, 0.05) is 27.0 Å². The first-order chi connectivity index (χ1) is 15.2. The van der Waals surface area contributed by atoms with Crippen LogP contribution in [0.2, 0.25) is 5.02 Å². The average Bonchev–Trinajstić information content (AvgIpc) is 3.25. The van der Waals surface area contributed by atoms with E-state index < -0.39 is 0 Å². The van der Waals surface area contributed by atoms with Crippen LogP contribution >= 0.6 is 27.5 Å². The number of rotatable bonds is 2. The third-order valence-electron chi connectivity index (χ3n) is 5.99. The Morgan fingerprint density at radius 2 is 1.71 bits per heavy atom. The summed E-state index contributed by atoms with van der Waals surface area (Å²) in [5.74, 6) is 0.869. The molecule has 2 aliphatic rings. The summed E-state index contributed by atoms with van der Waals surface area (Å²) in [6.07, 6.45) is 0.520. The van der Waals surface area contributed by atoms with E-state index >= 15 is 0 Å². The van der Waals surface area contributed by atoms with Crippen molar-refractivity contribution >= 4 is 44.0 Å². The van der Waals surface area contributed by atoms with E-state index in [1.54, 1.807) is 0 Å². The predicted molar refractivity (Wildman–Crippen MR) is 129 cm³/mol. The van der Waals surface area contributed by atoms with Gasteiger partial charge < -0.3 is 4.74 Å². The van der Waals surface area contributed by atoms with Gasteiger partial charge in [0.25, 0.3) is 0 Å².